The molecule has 6 nitrogen and oxygen atoms in total. The molecule has 2 aromatic heterocycles. The molecular formula is C17H24ClN5OS. The molecule has 4 rings (SSSR count). The monoisotopic (exact) mass is 381 g/mol. The summed E-state index contributed by atoms with van der Waals surface area (Å²) in [7, 11) is 0. The average molecular weight is 382 g/mol. The van der Waals surface area contributed by atoms with E-state index in [2.05, 4.69) is 45.0 Å². The van der Waals surface area contributed by atoms with Crippen molar-refractivity contribution in [3.05, 3.63) is 16.2 Å². The summed E-state index contributed by atoms with van der Waals surface area (Å²) >= 11 is 7.98. The SMILES string of the molecule is CC1CN(Cc2cc3nc(Cl)nc(N4CCOCC4)c3s2)CC(C)N1. The lowest BCUT2D eigenvalue weighted by Crippen LogP contribution is -2.53. The first-order chi connectivity index (χ1) is 12.1. The fourth-order valence-corrected chi connectivity index (χ4v) is 5.12. The predicted octanol–water partition coefficient (Wildman–Crippen LogP) is 2.36. The number of fused-ring (bicyclic) bond motifs is 1. The van der Waals surface area contributed by atoms with E-state index >= 15 is 0 Å². The third-order valence-electron chi connectivity index (χ3n) is 4.70. The highest BCUT2D eigenvalue weighted by Gasteiger charge is 2.23. The van der Waals surface area contributed by atoms with Crippen LogP contribution in [0.15, 0.2) is 6.07 Å². The van der Waals surface area contributed by atoms with Crippen molar-refractivity contribution in [2.75, 3.05) is 44.3 Å². The van der Waals surface area contributed by atoms with Crippen LogP contribution in [0, 0.1) is 0 Å². The molecule has 2 aliphatic heterocycles. The molecule has 0 bridgehead atoms. The van der Waals surface area contributed by atoms with Crippen LogP contribution in [0.1, 0.15) is 18.7 Å². The van der Waals surface area contributed by atoms with Gasteiger partial charge in [0.05, 0.1) is 23.4 Å². The van der Waals surface area contributed by atoms with Gasteiger partial charge in [-0.3, -0.25) is 4.90 Å². The molecule has 2 saturated heterocycles. The fraction of sp³-hybridized carbons (Fsp3) is 0.647. The van der Waals surface area contributed by atoms with Gasteiger partial charge in [0.1, 0.15) is 0 Å². The minimum atomic E-state index is 0.322. The van der Waals surface area contributed by atoms with Gasteiger partial charge in [0.2, 0.25) is 5.28 Å². The molecule has 2 aromatic rings. The lowest BCUT2D eigenvalue weighted by atomic mass is 10.1. The summed E-state index contributed by atoms with van der Waals surface area (Å²) in [5.41, 5.74) is 0.956. The first-order valence-corrected chi connectivity index (χ1v) is 10.0. The Bertz CT molecular complexity index is 738. The van der Waals surface area contributed by atoms with Crippen molar-refractivity contribution < 1.29 is 4.74 Å². The standard InChI is InChI=1S/C17H24ClN5OS/c1-11-8-22(9-12(2)19-11)10-13-7-14-15(25-13)16(21-17(18)20-14)23-3-5-24-6-4-23/h7,11-12,19H,3-6,8-10H2,1-2H3. The van der Waals surface area contributed by atoms with Gasteiger partial charge in [0.15, 0.2) is 5.82 Å². The lowest BCUT2D eigenvalue weighted by molar-refractivity contribution is 0.122. The first kappa shape index (κ1) is 17.4. The van der Waals surface area contributed by atoms with Crippen molar-refractivity contribution in [3.8, 4) is 0 Å². The van der Waals surface area contributed by atoms with Gasteiger partial charge in [0, 0.05) is 49.7 Å². The lowest BCUT2D eigenvalue weighted by Gasteiger charge is -2.35. The van der Waals surface area contributed by atoms with E-state index in [-0.39, 0.29) is 0 Å². The van der Waals surface area contributed by atoms with E-state index in [9.17, 15) is 0 Å². The Balaban J connectivity index is 1.61. The van der Waals surface area contributed by atoms with E-state index in [1.165, 1.54) is 4.88 Å². The van der Waals surface area contributed by atoms with Crippen LogP contribution in [-0.4, -0.2) is 66.3 Å². The number of nitrogens with one attached hydrogen (secondary N) is 1. The summed E-state index contributed by atoms with van der Waals surface area (Å²) in [4.78, 5) is 15.1. The summed E-state index contributed by atoms with van der Waals surface area (Å²) in [6.07, 6.45) is 0. The molecule has 2 atom stereocenters. The Morgan fingerprint density at radius 1 is 1.24 bits per heavy atom. The summed E-state index contributed by atoms with van der Waals surface area (Å²) in [6, 6.07) is 3.22. The van der Waals surface area contributed by atoms with E-state index in [0.29, 0.717) is 17.4 Å². The number of aromatic nitrogens is 2. The molecule has 0 saturated carbocycles. The number of rotatable bonds is 3. The minimum absolute atomic E-state index is 0.322. The number of hydrogen-bond donors (Lipinski definition) is 1. The van der Waals surface area contributed by atoms with Crippen LogP contribution in [0.25, 0.3) is 10.2 Å². The summed E-state index contributed by atoms with van der Waals surface area (Å²) in [5, 5.41) is 3.91. The quantitative estimate of drug-likeness (QED) is 0.824. The maximum absolute atomic E-state index is 6.19. The van der Waals surface area contributed by atoms with E-state index in [4.69, 9.17) is 16.3 Å². The van der Waals surface area contributed by atoms with Crippen molar-refractivity contribution in [1.82, 2.24) is 20.2 Å². The van der Waals surface area contributed by atoms with Gasteiger partial charge in [-0.1, -0.05) is 0 Å². The Kier molecular flexibility index (Phi) is 5.11. The second-order valence-corrected chi connectivity index (χ2v) is 8.48. The second kappa shape index (κ2) is 7.32. The molecule has 8 heteroatoms. The predicted molar refractivity (Wildman–Crippen MR) is 103 cm³/mol. The van der Waals surface area contributed by atoms with Crippen LogP contribution in [-0.2, 0) is 11.3 Å². The van der Waals surface area contributed by atoms with Crippen molar-refractivity contribution >= 4 is 39.0 Å². The molecule has 1 N–H and O–H groups in total. The van der Waals surface area contributed by atoms with Gasteiger partial charge in [-0.2, -0.15) is 4.98 Å². The Labute approximate surface area is 157 Å². The molecule has 2 aliphatic rings. The summed E-state index contributed by atoms with van der Waals surface area (Å²) in [6.45, 7) is 10.8. The number of hydrogen-bond acceptors (Lipinski definition) is 7. The number of ether oxygens (including phenoxy) is 1. The number of thiophene rings is 1. The topological polar surface area (TPSA) is 53.5 Å². The zero-order chi connectivity index (χ0) is 17.4. The highest BCUT2D eigenvalue weighted by atomic mass is 35.5. The van der Waals surface area contributed by atoms with Gasteiger partial charge in [0.25, 0.3) is 0 Å². The number of anilines is 1. The zero-order valence-electron chi connectivity index (χ0n) is 14.7. The molecule has 25 heavy (non-hydrogen) atoms. The van der Waals surface area contributed by atoms with E-state index in [1.54, 1.807) is 11.3 Å². The molecule has 0 spiro atoms. The Morgan fingerprint density at radius 3 is 2.68 bits per heavy atom. The molecule has 2 fully saturated rings. The van der Waals surface area contributed by atoms with Gasteiger partial charge in [-0.05, 0) is 31.5 Å². The maximum atomic E-state index is 6.19. The normalized spacial score (nSPS) is 25.6. The van der Waals surface area contributed by atoms with Gasteiger partial charge in [-0.25, -0.2) is 4.98 Å². The van der Waals surface area contributed by atoms with E-state index in [0.717, 1.165) is 62.0 Å². The van der Waals surface area contributed by atoms with Crippen LogP contribution >= 0.6 is 22.9 Å². The highest BCUT2D eigenvalue weighted by molar-refractivity contribution is 7.19. The molecule has 2 unspecified atom stereocenters. The Morgan fingerprint density at radius 2 is 1.96 bits per heavy atom. The number of halogens is 1. The number of morpholine rings is 1. The molecule has 0 radical (unpaired) electrons. The summed E-state index contributed by atoms with van der Waals surface area (Å²) < 4.78 is 6.60. The van der Waals surface area contributed by atoms with Crippen LogP contribution in [0.5, 0.6) is 0 Å². The molecular weight excluding hydrogens is 358 g/mol. The maximum Gasteiger partial charge on any atom is 0.224 e. The van der Waals surface area contributed by atoms with Gasteiger partial charge < -0.3 is 15.0 Å². The largest absolute Gasteiger partial charge is 0.378 e. The van der Waals surface area contributed by atoms with Crippen molar-refractivity contribution in [1.29, 1.82) is 0 Å². The van der Waals surface area contributed by atoms with Crippen molar-refractivity contribution in [2.24, 2.45) is 0 Å². The molecule has 4 heterocycles. The minimum Gasteiger partial charge on any atom is -0.378 e. The van der Waals surface area contributed by atoms with E-state index < -0.39 is 0 Å². The van der Waals surface area contributed by atoms with E-state index in [1.807, 2.05) is 0 Å². The van der Waals surface area contributed by atoms with Gasteiger partial charge >= 0.3 is 0 Å². The Hall–Kier alpha value is -0.990. The average Bonchev–Trinajstić information content (AvgIpc) is 2.96. The second-order valence-electron chi connectivity index (χ2n) is 7.01. The van der Waals surface area contributed by atoms with Crippen LogP contribution in [0.2, 0.25) is 5.28 Å². The highest BCUT2D eigenvalue weighted by Crippen LogP contribution is 2.34. The number of nitrogens with zero attached hydrogens (tertiary/aromatic N) is 4. The molecule has 136 valence electrons. The van der Waals surface area contributed by atoms with Crippen LogP contribution in [0.3, 0.4) is 0 Å². The van der Waals surface area contributed by atoms with Crippen molar-refractivity contribution in [3.63, 3.8) is 0 Å². The summed E-state index contributed by atoms with van der Waals surface area (Å²) in [5.74, 6) is 0.955. The third-order valence-corrected chi connectivity index (χ3v) is 5.97. The number of piperazine rings is 1. The first-order valence-electron chi connectivity index (χ1n) is 8.85. The van der Waals surface area contributed by atoms with Crippen LogP contribution in [0.4, 0.5) is 5.82 Å². The molecule has 0 aromatic carbocycles. The van der Waals surface area contributed by atoms with Crippen molar-refractivity contribution in [2.45, 2.75) is 32.5 Å². The smallest absolute Gasteiger partial charge is 0.224 e. The van der Waals surface area contributed by atoms with Gasteiger partial charge in [-0.15, -0.1) is 11.3 Å². The van der Waals surface area contributed by atoms with Crippen LogP contribution < -0.4 is 10.2 Å². The fourth-order valence-electron chi connectivity index (χ4n) is 3.79. The molecule has 0 amide bonds. The third kappa shape index (κ3) is 3.90. The zero-order valence-corrected chi connectivity index (χ0v) is 16.2. The molecule has 0 aliphatic carbocycles.